The van der Waals surface area contributed by atoms with Crippen LogP contribution in [0.15, 0.2) is 0 Å². The minimum absolute atomic E-state index is 0.0767. The molecule has 0 aliphatic carbocycles. The zero-order valence-corrected chi connectivity index (χ0v) is 16.4. The maximum atomic E-state index is 11.6. The third-order valence-electron chi connectivity index (χ3n) is 4.89. The first-order chi connectivity index (χ1) is 11.0. The number of hydrogen-bond donors (Lipinski definition) is 0. The third kappa shape index (κ3) is 13.6. The number of ether oxygens (including phenoxy) is 1. The molecule has 0 radical (unpaired) electrons. The Hall–Kier alpha value is -0.530. The number of hydrogen-bond acceptors (Lipinski definition) is 2. The van der Waals surface area contributed by atoms with E-state index >= 15 is 0 Å². The standard InChI is InChI=1S/C21H42O2/c1-5-6-7-8-9-10-11-12-13-14-15-16-17-18-19-21(2,3)20(22)23-4/h5-19H2,1-4H3. The summed E-state index contributed by atoms with van der Waals surface area (Å²) in [7, 11) is 1.48. The lowest BCUT2D eigenvalue weighted by molar-refractivity contribution is -0.151. The molecule has 0 aliphatic rings. The Labute approximate surface area is 145 Å². The summed E-state index contributed by atoms with van der Waals surface area (Å²) in [6, 6.07) is 0. The molecule has 0 fully saturated rings. The molecule has 0 heterocycles. The predicted molar refractivity (Wildman–Crippen MR) is 101 cm³/mol. The van der Waals surface area contributed by atoms with E-state index in [9.17, 15) is 4.79 Å². The molecular formula is C21H42O2. The van der Waals surface area contributed by atoms with E-state index < -0.39 is 0 Å². The summed E-state index contributed by atoms with van der Waals surface area (Å²) in [6.45, 7) is 6.25. The number of rotatable bonds is 16. The molecule has 0 spiro atoms. The highest BCUT2D eigenvalue weighted by Gasteiger charge is 2.27. The Morgan fingerprint density at radius 3 is 1.39 bits per heavy atom. The average molecular weight is 327 g/mol. The second kappa shape index (κ2) is 15.0. The molecule has 0 aromatic heterocycles. The van der Waals surface area contributed by atoms with E-state index in [1.807, 2.05) is 13.8 Å². The van der Waals surface area contributed by atoms with E-state index in [0.29, 0.717) is 0 Å². The lowest BCUT2D eigenvalue weighted by Gasteiger charge is -2.20. The van der Waals surface area contributed by atoms with Gasteiger partial charge in [0, 0.05) is 0 Å². The van der Waals surface area contributed by atoms with Crippen LogP contribution in [0.3, 0.4) is 0 Å². The molecule has 0 aromatic rings. The van der Waals surface area contributed by atoms with Crippen molar-refractivity contribution in [2.45, 2.75) is 117 Å². The molecule has 0 N–H and O–H groups in total. The summed E-state index contributed by atoms with van der Waals surface area (Å²) in [5.74, 6) is -0.0767. The molecular weight excluding hydrogens is 284 g/mol. The second-order valence-electron chi connectivity index (χ2n) is 7.72. The van der Waals surface area contributed by atoms with Gasteiger partial charge in [-0.2, -0.15) is 0 Å². The number of methoxy groups -OCH3 is 1. The Kier molecular flexibility index (Phi) is 14.7. The van der Waals surface area contributed by atoms with Gasteiger partial charge in [0.15, 0.2) is 0 Å². The Bertz CT molecular complexity index is 271. The van der Waals surface area contributed by atoms with Crippen LogP contribution in [0.25, 0.3) is 0 Å². The Balaban J connectivity index is 3.24. The van der Waals surface area contributed by atoms with Crippen molar-refractivity contribution in [3.05, 3.63) is 0 Å². The molecule has 0 aromatic carbocycles. The maximum Gasteiger partial charge on any atom is 0.311 e. The Morgan fingerprint density at radius 1 is 0.696 bits per heavy atom. The molecule has 2 nitrogen and oxygen atoms in total. The summed E-state index contributed by atoms with van der Waals surface area (Å²) in [5, 5.41) is 0. The van der Waals surface area contributed by atoms with Gasteiger partial charge < -0.3 is 4.74 Å². The highest BCUT2D eigenvalue weighted by molar-refractivity contribution is 5.75. The van der Waals surface area contributed by atoms with E-state index in [2.05, 4.69) is 6.92 Å². The van der Waals surface area contributed by atoms with Crippen LogP contribution in [0.4, 0.5) is 0 Å². The minimum atomic E-state index is -0.314. The van der Waals surface area contributed by atoms with Gasteiger partial charge in [0.1, 0.15) is 0 Å². The molecule has 0 saturated heterocycles. The molecule has 0 amide bonds. The highest BCUT2D eigenvalue weighted by atomic mass is 16.5. The van der Waals surface area contributed by atoms with Crippen molar-refractivity contribution >= 4 is 5.97 Å². The smallest absolute Gasteiger partial charge is 0.311 e. The van der Waals surface area contributed by atoms with Crippen LogP contribution in [-0.4, -0.2) is 13.1 Å². The molecule has 0 rings (SSSR count). The first kappa shape index (κ1) is 22.5. The van der Waals surface area contributed by atoms with Crippen molar-refractivity contribution in [2.75, 3.05) is 7.11 Å². The van der Waals surface area contributed by atoms with E-state index in [4.69, 9.17) is 4.74 Å². The van der Waals surface area contributed by atoms with Gasteiger partial charge in [-0.15, -0.1) is 0 Å². The van der Waals surface area contributed by atoms with Crippen LogP contribution in [-0.2, 0) is 9.53 Å². The van der Waals surface area contributed by atoms with Crippen LogP contribution in [0, 0.1) is 5.41 Å². The van der Waals surface area contributed by atoms with E-state index in [-0.39, 0.29) is 11.4 Å². The van der Waals surface area contributed by atoms with E-state index in [1.165, 1.54) is 90.6 Å². The minimum Gasteiger partial charge on any atom is -0.469 e. The molecule has 23 heavy (non-hydrogen) atoms. The normalized spacial score (nSPS) is 11.7. The first-order valence-electron chi connectivity index (χ1n) is 10.1. The van der Waals surface area contributed by atoms with Crippen molar-refractivity contribution in [3.63, 3.8) is 0 Å². The van der Waals surface area contributed by atoms with E-state index in [1.54, 1.807) is 0 Å². The van der Waals surface area contributed by atoms with Gasteiger partial charge in [-0.05, 0) is 20.3 Å². The summed E-state index contributed by atoms with van der Waals surface area (Å²) in [6.07, 6.45) is 20.2. The fourth-order valence-corrected chi connectivity index (χ4v) is 3.14. The van der Waals surface area contributed by atoms with Crippen LogP contribution < -0.4 is 0 Å². The fraction of sp³-hybridized carbons (Fsp3) is 0.952. The lowest BCUT2D eigenvalue weighted by atomic mass is 9.87. The van der Waals surface area contributed by atoms with Crippen molar-refractivity contribution in [1.29, 1.82) is 0 Å². The van der Waals surface area contributed by atoms with Crippen LogP contribution in [0.2, 0.25) is 0 Å². The summed E-state index contributed by atoms with van der Waals surface area (Å²) in [5.41, 5.74) is -0.314. The quantitative estimate of drug-likeness (QED) is 0.224. The number of esters is 1. The summed E-state index contributed by atoms with van der Waals surface area (Å²) < 4.78 is 4.85. The molecule has 0 saturated carbocycles. The lowest BCUT2D eigenvalue weighted by Crippen LogP contribution is -2.25. The van der Waals surface area contributed by atoms with Gasteiger partial charge in [0.2, 0.25) is 0 Å². The zero-order valence-electron chi connectivity index (χ0n) is 16.4. The molecule has 0 atom stereocenters. The van der Waals surface area contributed by atoms with Gasteiger partial charge in [-0.25, -0.2) is 0 Å². The van der Waals surface area contributed by atoms with Gasteiger partial charge >= 0.3 is 5.97 Å². The van der Waals surface area contributed by atoms with Crippen molar-refractivity contribution in [3.8, 4) is 0 Å². The fourth-order valence-electron chi connectivity index (χ4n) is 3.14. The van der Waals surface area contributed by atoms with Crippen molar-refractivity contribution in [1.82, 2.24) is 0 Å². The predicted octanol–water partition coefficient (Wildman–Crippen LogP) is 7.06. The topological polar surface area (TPSA) is 26.3 Å². The SMILES string of the molecule is CCCCCCCCCCCCCCCCC(C)(C)C(=O)OC. The highest BCUT2D eigenvalue weighted by Crippen LogP contribution is 2.25. The summed E-state index contributed by atoms with van der Waals surface area (Å²) >= 11 is 0. The molecule has 0 aliphatic heterocycles. The average Bonchev–Trinajstić information content (AvgIpc) is 2.54. The van der Waals surface area contributed by atoms with Crippen LogP contribution >= 0.6 is 0 Å². The second-order valence-corrected chi connectivity index (χ2v) is 7.72. The molecule has 2 heteroatoms. The Morgan fingerprint density at radius 2 is 1.04 bits per heavy atom. The van der Waals surface area contributed by atoms with Crippen LogP contribution in [0.5, 0.6) is 0 Å². The van der Waals surface area contributed by atoms with E-state index in [0.717, 1.165) is 12.8 Å². The van der Waals surface area contributed by atoms with Gasteiger partial charge in [-0.1, -0.05) is 96.8 Å². The monoisotopic (exact) mass is 326 g/mol. The van der Waals surface area contributed by atoms with Crippen LogP contribution in [0.1, 0.15) is 117 Å². The van der Waals surface area contributed by atoms with Crippen molar-refractivity contribution in [2.24, 2.45) is 5.41 Å². The van der Waals surface area contributed by atoms with Gasteiger partial charge in [0.25, 0.3) is 0 Å². The maximum absolute atomic E-state index is 11.6. The molecule has 0 bridgehead atoms. The molecule has 0 unspecified atom stereocenters. The largest absolute Gasteiger partial charge is 0.469 e. The zero-order chi connectivity index (χ0) is 17.4. The number of unbranched alkanes of at least 4 members (excludes halogenated alkanes) is 13. The summed E-state index contributed by atoms with van der Waals surface area (Å²) in [4.78, 5) is 11.6. The van der Waals surface area contributed by atoms with Gasteiger partial charge in [-0.3, -0.25) is 4.79 Å². The van der Waals surface area contributed by atoms with Gasteiger partial charge in [0.05, 0.1) is 12.5 Å². The van der Waals surface area contributed by atoms with Crippen molar-refractivity contribution < 1.29 is 9.53 Å². The molecule has 138 valence electrons. The first-order valence-corrected chi connectivity index (χ1v) is 10.1. The number of carbonyl (C=O) groups excluding carboxylic acids is 1. The third-order valence-corrected chi connectivity index (χ3v) is 4.89. The number of carbonyl (C=O) groups is 1.